The van der Waals surface area contributed by atoms with E-state index in [1.807, 2.05) is 38.6 Å². The zero-order valence-corrected chi connectivity index (χ0v) is 19.1. The molecule has 0 spiro atoms. The Morgan fingerprint density at radius 3 is 2.39 bits per heavy atom. The van der Waals surface area contributed by atoms with Gasteiger partial charge in [0.1, 0.15) is 5.60 Å². The predicted molar refractivity (Wildman–Crippen MR) is 120 cm³/mol. The number of halogens is 1. The summed E-state index contributed by atoms with van der Waals surface area (Å²) in [5, 5.41) is 0. The van der Waals surface area contributed by atoms with Gasteiger partial charge in [0.05, 0.1) is 5.69 Å². The normalized spacial score (nSPS) is 14.9. The highest BCUT2D eigenvalue weighted by molar-refractivity contribution is 9.10. The van der Waals surface area contributed by atoms with Gasteiger partial charge in [-0.25, -0.2) is 4.79 Å². The van der Waals surface area contributed by atoms with Gasteiger partial charge in [-0.15, -0.1) is 11.8 Å². The number of carbonyl (C=O) groups is 1. The van der Waals surface area contributed by atoms with Crippen molar-refractivity contribution in [1.29, 1.82) is 0 Å². The standard InChI is InChI=1S/C22H27BrN2O2S/c1-22(2,3)27-21(26)25-13-11-24(12-14-25)19-10-9-18(23)15-20(19)28-16-17-7-5-4-6-8-17/h4-10,15H,11-14,16H2,1-3H3. The van der Waals surface area contributed by atoms with Crippen molar-refractivity contribution < 1.29 is 9.53 Å². The Morgan fingerprint density at radius 2 is 1.75 bits per heavy atom. The molecule has 0 saturated carbocycles. The molecule has 0 aromatic heterocycles. The molecule has 1 amide bonds. The number of anilines is 1. The third-order valence-corrected chi connectivity index (χ3v) is 6.04. The highest BCUT2D eigenvalue weighted by atomic mass is 79.9. The summed E-state index contributed by atoms with van der Waals surface area (Å²) >= 11 is 5.45. The first-order chi connectivity index (χ1) is 13.3. The molecule has 0 radical (unpaired) electrons. The molecule has 0 N–H and O–H groups in total. The number of carbonyl (C=O) groups excluding carboxylic acids is 1. The van der Waals surface area contributed by atoms with Crippen LogP contribution < -0.4 is 4.90 Å². The molecule has 0 atom stereocenters. The van der Waals surface area contributed by atoms with E-state index in [1.54, 1.807) is 4.90 Å². The predicted octanol–water partition coefficient (Wildman–Crippen LogP) is 5.80. The van der Waals surface area contributed by atoms with E-state index in [9.17, 15) is 4.79 Å². The van der Waals surface area contributed by atoms with Crippen LogP contribution in [0.1, 0.15) is 26.3 Å². The Hall–Kier alpha value is -1.66. The lowest BCUT2D eigenvalue weighted by Gasteiger charge is -2.37. The summed E-state index contributed by atoms with van der Waals surface area (Å²) in [7, 11) is 0. The number of benzene rings is 2. The third-order valence-electron chi connectivity index (χ3n) is 4.43. The second-order valence-electron chi connectivity index (χ2n) is 7.84. The lowest BCUT2D eigenvalue weighted by atomic mass is 10.2. The molecule has 0 aliphatic carbocycles. The highest BCUT2D eigenvalue weighted by Gasteiger charge is 2.26. The maximum atomic E-state index is 12.3. The highest BCUT2D eigenvalue weighted by Crippen LogP contribution is 2.35. The van der Waals surface area contributed by atoms with Gasteiger partial charge in [-0.05, 0) is 44.5 Å². The van der Waals surface area contributed by atoms with E-state index in [-0.39, 0.29) is 6.09 Å². The molecule has 1 aliphatic heterocycles. The van der Waals surface area contributed by atoms with E-state index in [4.69, 9.17) is 4.74 Å². The summed E-state index contributed by atoms with van der Waals surface area (Å²) < 4.78 is 6.59. The Bertz CT molecular complexity index is 800. The first-order valence-electron chi connectivity index (χ1n) is 9.51. The van der Waals surface area contributed by atoms with Gasteiger partial charge in [0, 0.05) is 41.3 Å². The van der Waals surface area contributed by atoms with Crippen molar-refractivity contribution in [1.82, 2.24) is 4.90 Å². The minimum atomic E-state index is -0.457. The number of rotatable bonds is 4. The molecule has 6 heteroatoms. The fourth-order valence-corrected chi connectivity index (χ4v) is 4.64. The Morgan fingerprint density at radius 1 is 1.07 bits per heavy atom. The number of ether oxygens (including phenoxy) is 1. The number of thioether (sulfide) groups is 1. The van der Waals surface area contributed by atoms with Crippen molar-refractivity contribution in [2.75, 3.05) is 31.1 Å². The van der Waals surface area contributed by atoms with Gasteiger partial charge in [0.2, 0.25) is 0 Å². The molecule has 150 valence electrons. The third kappa shape index (κ3) is 5.92. The van der Waals surface area contributed by atoms with Crippen LogP contribution >= 0.6 is 27.7 Å². The molecule has 2 aromatic carbocycles. The van der Waals surface area contributed by atoms with Crippen molar-refractivity contribution in [2.24, 2.45) is 0 Å². The molecule has 4 nitrogen and oxygen atoms in total. The van der Waals surface area contributed by atoms with Gasteiger partial charge in [-0.2, -0.15) is 0 Å². The van der Waals surface area contributed by atoms with Gasteiger partial charge in [-0.3, -0.25) is 0 Å². The molecule has 1 fully saturated rings. The lowest BCUT2D eigenvalue weighted by Crippen LogP contribution is -2.50. The van der Waals surface area contributed by atoms with E-state index in [1.165, 1.54) is 16.1 Å². The van der Waals surface area contributed by atoms with Crippen LogP contribution in [0.25, 0.3) is 0 Å². The van der Waals surface area contributed by atoms with Crippen molar-refractivity contribution in [2.45, 2.75) is 37.0 Å². The summed E-state index contributed by atoms with van der Waals surface area (Å²) in [6.45, 7) is 8.67. The SMILES string of the molecule is CC(C)(C)OC(=O)N1CCN(c2ccc(Br)cc2SCc2ccccc2)CC1. The zero-order valence-electron chi connectivity index (χ0n) is 16.7. The second kappa shape index (κ2) is 9.23. The first-order valence-corrected chi connectivity index (χ1v) is 11.3. The number of nitrogens with zero attached hydrogens (tertiary/aromatic N) is 2. The number of amides is 1. The minimum Gasteiger partial charge on any atom is -0.444 e. The van der Waals surface area contributed by atoms with Crippen LogP contribution in [0.2, 0.25) is 0 Å². The molecule has 1 aliphatic rings. The molecule has 0 bridgehead atoms. The fraction of sp³-hybridized carbons (Fsp3) is 0.409. The van der Waals surface area contributed by atoms with Gasteiger partial charge in [0.25, 0.3) is 0 Å². The molecule has 2 aromatic rings. The van der Waals surface area contributed by atoms with Gasteiger partial charge < -0.3 is 14.5 Å². The van der Waals surface area contributed by atoms with Crippen LogP contribution in [0.3, 0.4) is 0 Å². The Labute approximate surface area is 180 Å². The van der Waals surface area contributed by atoms with Gasteiger partial charge in [0.15, 0.2) is 0 Å². The molecular formula is C22H27BrN2O2S. The van der Waals surface area contributed by atoms with Crippen molar-refractivity contribution in [3.63, 3.8) is 0 Å². The minimum absolute atomic E-state index is 0.221. The summed E-state index contributed by atoms with van der Waals surface area (Å²) in [5.41, 5.74) is 2.09. The van der Waals surface area contributed by atoms with E-state index in [2.05, 4.69) is 63.3 Å². The number of piperazine rings is 1. The quantitative estimate of drug-likeness (QED) is 0.537. The summed E-state index contributed by atoms with van der Waals surface area (Å²) in [4.78, 5) is 17.7. The van der Waals surface area contributed by atoms with Crippen LogP contribution in [0.4, 0.5) is 10.5 Å². The summed E-state index contributed by atoms with van der Waals surface area (Å²) in [5.74, 6) is 0.933. The van der Waals surface area contributed by atoms with Crippen LogP contribution in [-0.2, 0) is 10.5 Å². The average Bonchev–Trinajstić information content (AvgIpc) is 2.66. The van der Waals surface area contributed by atoms with Crippen LogP contribution in [0.15, 0.2) is 57.9 Å². The topological polar surface area (TPSA) is 32.8 Å². The smallest absolute Gasteiger partial charge is 0.410 e. The zero-order chi connectivity index (χ0) is 20.1. The van der Waals surface area contributed by atoms with Crippen molar-refractivity contribution in [3.05, 3.63) is 58.6 Å². The largest absolute Gasteiger partial charge is 0.444 e. The maximum Gasteiger partial charge on any atom is 0.410 e. The molecule has 0 unspecified atom stereocenters. The number of hydrogen-bond acceptors (Lipinski definition) is 4. The van der Waals surface area contributed by atoms with Crippen molar-refractivity contribution in [3.8, 4) is 0 Å². The molecule has 28 heavy (non-hydrogen) atoms. The van der Waals surface area contributed by atoms with E-state index < -0.39 is 5.60 Å². The van der Waals surface area contributed by atoms with E-state index in [0.717, 1.165) is 23.3 Å². The van der Waals surface area contributed by atoms with Crippen LogP contribution in [0, 0.1) is 0 Å². The number of hydrogen-bond donors (Lipinski definition) is 0. The lowest BCUT2D eigenvalue weighted by molar-refractivity contribution is 0.0240. The molecule has 3 rings (SSSR count). The monoisotopic (exact) mass is 462 g/mol. The van der Waals surface area contributed by atoms with Gasteiger partial charge in [-0.1, -0.05) is 46.3 Å². The fourth-order valence-electron chi connectivity index (χ4n) is 3.06. The van der Waals surface area contributed by atoms with E-state index in [0.29, 0.717) is 13.1 Å². The maximum absolute atomic E-state index is 12.3. The molecular weight excluding hydrogens is 436 g/mol. The van der Waals surface area contributed by atoms with Gasteiger partial charge >= 0.3 is 6.09 Å². The molecule has 1 saturated heterocycles. The average molecular weight is 463 g/mol. The van der Waals surface area contributed by atoms with Crippen molar-refractivity contribution >= 4 is 39.5 Å². The second-order valence-corrected chi connectivity index (χ2v) is 9.77. The van der Waals surface area contributed by atoms with E-state index >= 15 is 0 Å². The Kier molecular flexibility index (Phi) is 6.94. The first kappa shape index (κ1) is 21.1. The molecule has 1 heterocycles. The Balaban J connectivity index is 1.65. The van der Waals surface area contributed by atoms with Crippen LogP contribution in [0.5, 0.6) is 0 Å². The summed E-state index contributed by atoms with van der Waals surface area (Å²) in [6, 6.07) is 16.9. The van der Waals surface area contributed by atoms with Crippen LogP contribution in [-0.4, -0.2) is 42.8 Å². The summed E-state index contributed by atoms with van der Waals surface area (Å²) in [6.07, 6.45) is -0.221.